The molecule has 15 heavy (non-hydrogen) atoms. The van der Waals surface area contributed by atoms with Crippen LogP contribution in [-0.4, -0.2) is 30.7 Å². The van der Waals surface area contributed by atoms with E-state index in [1.165, 1.54) is 11.8 Å². The van der Waals surface area contributed by atoms with Gasteiger partial charge in [-0.1, -0.05) is 29.3 Å². The number of rotatable bonds is 3. The van der Waals surface area contributed by atoms with Crippen molar-refractivity contribution in [1.82, 2.24) is 4.90 Å². The van der Waals surface area contributed by atoms with Crippen molar-refractivity contribution in [3.63, 3.8) is 0 Å². The highest BCUT2D eigenvalue weighted by Gasteiger charge is 2.08. The fraction of sp³-hybridized carbons (Fsp3) is 0.300. The Bertz CT molecular complexity index is 368. The number of benzene rings is 1. The molecule has 0 spiro atoms. The minimum absolute atomic E-state index is 0.0519. The molecule has 0 heterocycles. The van der Waals surface area contributed by atoms with E-state index in [0.29, 0.717) is 15.8 Å². The number of amides is 1. The minimum Gasteiger partial charge on any atom is -0.348 e. The number of halogens is 2. The second-order valence-electron chi connectivity index (χ2n) is 3.13. The SMILES string of the molecule is CN(C)C(=O)CSc1cccc(Cl)c1Cl. The molecule has 0 aliphatic carbocycles. The lowest BCUT2D eigenvalue weighted by Crippen LogP contribution is -2.23. The monoisotopic (exact) mass is 263 g/mol. The van der Waals surface area contributed by atoms with Crippen LogP contribution >= 0.6 is 35.0 Å². The van der Waals surface area contributed by atoms with Crippen LogP contribution in [0.15, 0.2) is 23.1 Å². The van der Waals surface area contributed by atoms with Gasteiger partial charge in [-0.05, 0) is 12.1 Å². The molecule has 0 bridgehead atoms. The van der Waals surface area contributed by atoms with E-state index in [4.69, 9.17) is 23.2 Å². The van der Waals surface area contributed by atoms with Crippen molar-refractivity contribution in [3.05, 3.63) is 28.2 Å². The average Bonchev–Trinajstić information content (AvgIpc) is 2.19. The van der Waals surface area contributed by atoms with Crippen molar-refractivity contribution in [2.24, 2.45) is 0 Å². The van der Waals surface area contributed by atoms with Crippen molar-refractivity contribution < 1.29 is 4.79 Å². The number of hydrogen-bond donors (Lipinski definition) is 0. The normalized spacial score (nSPS) is 10.1. The van der Waals surface area contributed by atoms with Crippen LogP contribution in [0.2, 0.25) is 10.0 Å². The van der Waals surface area contributed by atoms with E-state index < -0.39 is 0 Å². The van der Waals surface area contributed by atoms with E-state index in [1.807, 2.05) is 12.1 Å². The van der Waals surface area contributed by atoms with E-state index in [9.17, 15) is 4.79 Å². The highest BCUT2D eigenvalue weighted by Crippen LogP contribution is 2.32. The number of hydrogen-bond acceptors (Lipinski definition) is 2. The lowest BCUT2D eigenvalue weighted by Gasteiger charge is -2.10. The predicted molar refractivity (Wildman–Crippen MR) is 65.9 cm³/mol. The van der Waals surface area contributed by atoms with Gasteiger partial charge in [0, 0.05) is 19.0 Å². The topological polar surface area (TPSA) is 20.3 Å². The van der Waals surface area contributed by atoms with Crippen molar-refractivity contribution in [1.29, 1.82) is 0 Å². The van der Waals surface area contributed by atoms with Crippen LogP contribution in [0.25, 0.3) is 0 Å². The average molecular weight is 264 g/mol. The summed E-state index contributed by atoms with van der Waals surface area (Å²) in [5, 5.41) is 1.02. The summed E-state index contributed by atoms with van der Waals surface area (Å²) in [6.07, 6.45) is 0. The lowest BCUT2D eigenvalue weighted by molar-refractivity contribution is -0.125. The Kier molecular flexibility index (Phi) is 4.77. The molecule has 5 heteroatoms. The molecule has 0 aromatic heterocycles. The molecule has 0 unspecified atom stereocenters. The van der Waals surface area contributed by atoms with Gasteiger partial charge in [-0.3, -0.25) is 4.79 Å². The molecule has 1 rings (SSSR count). The van der Waals surface area contributed by atoms with E-state index in [-0.39, 0.29) is 5.91 Å². The van der Waals surface area contributed by atoms with Gasteiger partial charge in [-0.2, -0.15) is 0 Å². The van der Waals surface area contributed by atoms with Crippen LogP contribution in [-0.2, 0) is 4.79 Å². The molecule has 0 saturated carbocycles. The predicted octanol–water partition coefficient (Wildman–Crippen LogP) is 3.17. The van der Waals surface area contributed by atoms with Crippen LogP contribution in [0.3, 0.4) is 0 Å². The van der Waals surface area contributed by atoms with Crippen LogP contribution < -0.4 is 0 Å². The third kappa shape index (κ3) is 3.59. The van der Waals surface area contributed by atoms with Gasteiger partial charge < -0.3 is 4.90 Å². The van der Waals surface area contributed by atoms with Gasteiger partial charge in [0.1, 0.15) is 0 Å². The van der Waals surface area contributed by atoms with Crippen LogP contribution in [0, 0.1) is 0 Å². The Morgan fingerprint density at radius 2 is 2.07 bits per heavy atom. The van der Waals surface area contributed by atoms with Gasteiger partial charge in [0.15, 0.2) is 0 Å². The fourth-order valence-electron chi connectivity index (χ4n) is 0.864. The Morgan fingerprint density at radius 1 is 1.40 bits per heavy atom. The summed E-state index contributed by atoms with van der Waals surface area (Å²) in [5.41, 5.74) is 0. The molecule has 82 valence electrons. The first kappa shape index (κ1) is 12.7. The molecular formula is C10H11Cl2NOS. The first-order chi connectivity index (χ1) is 7.02. The summed E-state index contributed by atoms with van der Waals surface area (Å²) in [6.45, 7) is 0. The van der Waals surface area contributed by atoms with Crippen LogP contribution in [0.1, 0.15) is 0 Å². The molecule has 0 radical (unpaired) electrons. The van der Waals surface area contributed by atoms with Crippen LogP contribution in [0.4, 0.5) is 0 Å². The quantitative estimate of drug-likeness (QED) is 0.781. The number of carbonyl (C=O) groups excluding carboxylic acids is 1. The summed E-state index contributed by atoms with van der Waals surface area (Å²) in [5.74, 6) is 0.420. The van der Waals surface area contributed by atoms with Crippen molar-refractivity contribution in [2.75, 3.05) is 19.8 Å². The Balaban J connectivity index is 2.66. The second-order valence-corrected chi connectivity index (χ2v) is 4.93. The second kappa shape index (κ2) is 5.64. The first-order valence-electron chi connectivity index (χ1n) is 4.29. The Hall–Kier alpha value is -0.380. The number of carbonyl (C=O) groups is 1. The van der Waals surface area contributed by atoms with Gasteiger partial charge in [0.05, 0.1) is 15.8 Å². The third-order valence-corrected chi connectivity index (χ3v) is 3.74. The molecule has 1 amide bonds. The zero-order valence-electron chi connectivity index (χ0n) is 8.46. The molecule has 0 aliphatic heterocycles. The molecule has 0 aliphatic rings. The van der Waals surface area contributed by atoms with Crippen molar-refractivity contribution >= 4 is 40.9 Å². The molecule has 0 atom stereocenters. The molecule has 0 fully saturated rings. The van der Waals surface area contributed by atoms with Crippen molar-refractivity contribution in [3.8, 4) is 0 Å². The van der Waals surface area contributed by atoms with E-state index in [2.05, 4.69) is 0 Å². The first-order valence-corrected chi connectivity index (χ1v) is 6.03. The van der Waals surface area contributed by atoms with E-state index >= 15 is 0 Å². The van der Waals surface area contributed by atoms with Gasteiger partial charge in [-0.15, -0.1) is 11.8 Å². The zero-order chi connectivity index (χ0) is 11.4. The summed E-state index contributed by atoms with van der Waals surface area (Å²) in [4.78, 5) is 13.7. The number of nitrogens with zero attached hydrogens (tertiary/aromatic N) is 1. The molecule has 0 saturated heterocycles. The van der Waals surface area contributed by atoms with Gasteiger partial charge in [-0.25, -0.2) is 0 Å². The maximum atomic E-state index is 11.3. The highest BCUT2D eigenvalue weighted by molar-refractivity contribution is 8.00. The maximum absolute atomic E-state index is 11.3. The number of thioether (sulfide) groups is 1. The van der Waals surface area contributed by atoms with Gasteiger partial charge in [0.2, 0.25) is 5.91 Å². The fourth-order valence-corrected chi connectivity index (χ4v) is 2.33. The standard InChI is InChI=1S/C10H11Cl2NOS/c1-13(2)9(14)6-15-8-5-3-4-7(11)10(8)12/h3-5H,6H2,1-2H3. The summed E-state index contributed by atoms with van der Waals surface area (Å²) < 4.78 is 0. The molecule has 1 aromatic rings. The van der Waals surface area contributed by atoms with E-state index in [1.54, 1.807) is 25.1 Å². The summed E-state index contributed by atoms with van der Waals surface area (Å²) >= 11 is 13.2. The maximum Gasteiger partial charge on any atom is 0.232 e. The summed E-state index contributed by atoms with van der Waals surface area (Å²) in [6, 6.07) is 5.39. The highest BCUT2D eigenvalue weighted by atomic mass is 35.5. The Morgan fingerprint density at radius 3 is 2.67 bits per heavy atom. The molecule has 1 aromatic carbocycles. The van der Waals surface area contributed by atoms with Crippen LogP contribution in [0.5, 0.6) is 0 Å². The molecular weight excluding hydrogens is 253 g/mol. The minimum atomic E-state index is 0.0519. The van der Waals surface area contributed by atoms with E-state index in [0.717, 1.165) is 4.90 Å². The molecule has 0 N–H and O–H groups in total. The third-order valence-electron chi connectivity index (χ3n) is 1.77. The smallest absolute Gasteiger partial charge is 0.232 e. The molecule has 2 nitrogen and oxygen atoms in total. The largest absolute Gasteiger partial charge is 0.348 e. The van der Waals surface area contributed by atoms with Crippen molar-refractivity contribution in [2.45, 2.75) is 4.90 Å². The van der Waals surface area contributed by atoms with Gasteiger partial charge >= 0.3 is 0 Å². The zero-order valence-corrected chi connectivity index (χ0v) is 10.8. The lowest BCUT2D eigenvalue weighted by atomic mass is 10.4. The Labute approximate surface area is 104 Å². The summed E-state index contributed by atoms with van der Waals surface area (Å²) in [7, 11) is 3.45. The van der Waals surface area contributed by atoms with Gasteiger partial charge in [0.25, 0.3) is 0 Å².